The van der Waals surface area contributed by atoms with Crippen LogP contribution < -0.4 is 5.32 Å². The number of halogens is 1. The minimum absolute atomic E-state index is 0.209. The van der Waals surface area contributed by atoms with Crippen LogP contribution in [0.4, 0.5) is 5.82 Å². The predicted molar refractivity (Wildman–Crippen MR) is 77.2 cm³/mol. The molecule has 0 radical (unpaired) electrons. The van der Waals surface area contributed by atoms with Crippen molar-refractivity contribution in [3.05, 3.63) is 58.7 Å². The van der Waals surface area contributed by atoms with Crippen LogP contribution in [0.5, 0.6) is 0 Å². The molecular weight excluding hydrogens is 258 g/mol. The number of nitrogens with one attached hydrogen (secondary N) is 1. The molecule has 0 aliphatic carbocycles. The Bertz CT molecular complexity index is 587. The minimum atomic E-state index is 0.209. The second kappa shape index (κ2) is 6.21. The molecule has 0 bridgehead atoms. The lowest BCUT2D eigenvalue weighted by Crippen LogP contribution is -2.19. The molecule has 0 saturated heterocycles. The molecule has 1 aromatic heterocycles. The molecule has 2 aromatic rings. The molecule has 96 valence electrons. The highest BCUT2D eigenvalue weighted by Gasteiger charge is 2.07. The fourth-order valence-corrected chi connectivity index (χ4v) is 2.06. The molecule has 1 N–H and O–H groups in total. The van der Waals surface area contributed by atoms with Crippen LogP contribution >= 0.6 is 11.6 Å². The number of aromatic nitrogens is 1. The highest BCUT2D eigenvalue weighted by Crippen LogP contribution is 2.17. The Hall–Kier alpha value is -2.05. The number of nitriles is 1. The number of hydrogen-bond donors (Lipinski definition) is 1. The zero-order valence-electron chi connectivity index (χ0n) is 10.6. The van der Waals surface area contributed by atoms with Gasteiger partial charge in [0.2, 0.25) is 0 Å². The van der Waals surface area contributed by atoms with Gasteiger partial charge < -0.3 is 5.32 Å². The second-order valence-corrected chi connectivity index (χ2v) is 4.79. The van der Waals surface area contributed by atoms with Gasteiger partial charge in [-0.2, -0.15) is 5.26 Å². The number of hydrogen-bond acceptors (Lipinski definition) is 3. The Morgan fingerprint density at radius 1 is 1.32 bits per heavy atom. The van der Waals surface area contributed by atoms with E-state index in [2.05, 4.69) is 17.2 Å². The number of nitrogens with zero attached hydrogens (tertiary/aromatic N) is 2. The van der Waals surface area contributed by atoms with Gasteiger partial charge in [-0.15, -0.1) is 0 Å². The van der Waals surface area contributed by atoms with E-state index in [0.29, 0.717) is 5.56 Å². The van der Waals surface area contributed by atoms with Crippen molar-refractivity contribution in [1.82, 2.24) is 4.98 Å². The van der Waals surface area contributed by atoms with Crippen LogP contribution in [0.1, 0.15) is 18.1 Å². The first kappa shape index (κ1) is 13.4. The first-order chi connectivity index (χ1) is 9.19. The minimum Gasteiger partial charge on any atom is -0.367 e. The monoisotopic (exact) mass is 271 g/mol. The second-order valence-electron chi connectivity index (χ2n) is 4.38. The molecule has 1 heterocycles. The number of rotatable bonds is 4. The maximum Gasteiger partial charge on any atom is 0.126 e. The van der Waals surface area contributed by atoms with Gasteiger partial charge >= 0.3 is 0 Å². The lowest BCUT2D eigenvalue weighted by Gasteiger charge is -2.15. The van der Waals surface area contributed by atoms with Crippen LogP contribution in [-0.4, -0.2) is 11.0 Å². The van der Waals surface area contributed by atoms with Gasteiger partial charge in [0.1, 0.15) is 11.9 Å². The average molecular weight is 272 g/mol. The first-order valence-electron chi connectivity index (χ1n) is 6.05. The molecule has 1 aromatic carbocycles. The molecule has 0 amide bonds. The molecule has 19 heavy (non-hydrogen) atoms. The number of anilines is 1. The van der Waals surface area contributed by atoms with E-state index in [9.17, 15) is 0 Å². The average Bonchev–Trinajstić information content (AvgIpc) is 2.42. The molecule has 1 unspecified atom stereocenters. The summed E-state index contributed by atoms with van der Waals surface area (Å²) >= 11 is 6.13. The maximum atomic E-state index is 8.71. The molecular formula is C15H14ClN3. The Kier molecular flexibility index (Phi) is 4.38. The van der Waals surface area contributed by atoms with E-state index in [1.54, 1.807) is 12.3 Å². The van der Waals surface area contributed by atoms with Gasteiger partial charge in [-0.25, -0.2) is 4.98 Å². The largest absolute Gasteiger partial charge is 0.367 e. The van der Waals surface area contributed by atoms with Crippen LogP contribution in [0.2, 0.25) is 5.02 Å². The third kappa shape index (κ3) is 3.70. The van der Waals surface area contributed by atoms with Gasteiger partial charge in [-0.05, 0) is 37.1 Å². The Balaban J connectivity index is 1.99. The number of pyridine rings is 1. The van der Waals surface area contributed by atoms with Gasteiger partial charge in [0, 0.05) is 17.3 Å². The SMILES string of the molecule is CC(Cc1ccccc1Cl)Nc1ccc(C#N)cn1. The van der Waals surface area contributed by atoms with E-state index in [-0.39, 0.29) is 6.04 Å². The third-order valence-electron chi connectivity index (χ3n) is 2.77. The van der Waals surface area contributed by atoms with Gasteiger partial charge in [0.25, 0.3) is 0 Å². The topological polar surface area (TPSA) is 48.7 Å². The molecule has 2 rings (SSSR count). The predicted octanol–water partition coefficient (Wildman–Crippen LogP) is 3.65. The van der Waals surface area contributed by atoms with Gasteiger partial charge in [0.15, 0.2) is 0 Å². The smallest absolute Gasteiger partial charge is 0.126 e. The molecule has 0 spiro atoms. The fourth-order valence-electron chi connectivity index (χ4n) is 1.84. The summed E-state index contributed by atoms with van der Waals surface area (Å²) in [7, 11) is 0. The first-order valence-corrected chi connectivity index (χ1v) is 6.43. The zero-order valence-corrected chi connectivity index (χ0v) is 11.4. The quantitative estimate of drug-likeness (QED) is 0.923. The van der Waals surface area contributed by atoms with Crippen molar-refractivity contribution in [1.29, 1.82) is 5.26 Å². The Morgan fingerprint density at radius 3 is 2.74 bits per heavy atom. The summed E-state index contributed by atoms with van der Waals surface area (Å²) in [6.07, 6.45) is 2.38. The molecule has 4 heteroatoms. The Labute approximate surface area is 117 Å². The van der Waals surface area contributed by atoms with Crippen LogP contribution in [0.25, 0.3) is 0 Å². The van der Waals surface area contributed by atoms with Crippen LogP contribution in [0.15, 0.2) is 42.6 Å². The molecule has 0 saturated carbocycles. The zero-order chi connectivity index (χ0) is 13.7. The van der Waals surface area contributed by atoms with E-state index >= 15 is 0 Å². The van der Waals surface area contributed by atoms with E-state index in [1.807, 2.05) is 36.4 Å². The Morgan fingerprint density at radius 2 is 2.11 bits per heavy atom. The van der Waals surface area contributed by atoms with Crippen LogP contribution in [-0.2, 0) is 6.42 Å². The summed E-state index contributed by atoms with van der Waals surface area (Å²) in [6, 6.07) is 13.6. The summed E-state index contributed by atoms with van der Waals surface area (Å²) in [4.78, 5) is 4.19. The van der Waals surface area contributed by atoms with E-state index in [0.717, 1.165) is 22.8 Å². The van der Waals surface area contributed by atoms with Crippen molar-refractivity contribution in [2.75, 3.05) is 5.32 Å². The summed E-state index contributed by atoms with van der Waals surface area (Å²) in [6.45, 7) is 2.07. The highest BCUT2D eigenvalue weighted by molar-refractivity contribution is 6.31. The maximum absolute atomic E-state index is 8.71. The molecule has 0 aliphatic heterocycles. The summed E-state index contributed by atoms with van der Waals surface area (Å²) in [5.41, 5.74) is 1.67. The lowest BCUT2D eigenvalue weighted by molar-refractivity contribution is 0.785. The summed E-state index contributed by atoms with van der Waals surface area (Å²) in [5, 5.41) is 12.8. The van der Waals surface area contributed by atoms with Gasteiger partial charge in [-0.1, -0.05) is 29.8 Å². The van der Waals surface area contributed by atoms with Crippen LogP contribution in [0, 0.1) is 11.3 Å². The van der Waals surface area contributed by atoms with E-state index in [4.69, 9.17) is 16.9 Å². The molecule has 3 nitrogen and oxygen atoms in total. The van der Waals surface area contributed by atoms with Crippen molar-refractivity contribution in [3.8, 4) is 6.07 Å². The molecule has 0 fully saturated rings. The van der Waals surface area contributed by atoms with Crippen molar-refractivity contribution >= 4 is 17.4 Å². The third-order valence-corrected chi connectivity index (χ3v) is 3.14. The summed E-state index contributed by atoms with van der Waals surface area (Å²) in [5.74, 6) is 0.763. The van der Waals surface area contributed by atoms with Crippen molar-refractivity contribution < 1.29 is 0 Å². The standard InChI is InChI=1S/C15H14ClN3/c1-11(8-13-4-2-3-5-14(13)16)19-15-7-6-12(9-17)10-18-15/h2-7,10-11H,8H2,1H3,(H,18,19). The van der Waals surface area contributed by atoms with Crippen molar-refractivity contribution in [2.24, 2.45) is 0 Å². The van der Waals surface area contributed by atoms with E-state index in [1.165, 1.54) is 0 Å². The van der Waals surface area contributed by atoms with Crippen LogP contribution in [0.3, 0.4) is 0 Å². The lowest BCUT2D eigenvalue weighted by atomic mass is 10.1. The van der Waals surface area contributed by atoms with E-state index < -0.39 is 0 Å². The normalized spacial score (nSPS) is 11.6. The van der Waals surface area contributed by atoms with Gasteiger partial charge in [-0.3, -0.25) is 0 Å². The highest BCUT2D eigenvalue weighted by atomic mass is 35.5. The fraction of sp³-hybridized carbons (Fsp3) is 0.200. The molecule has 0 aliphatic rings. The summed E-state index contributed by atoms with van der Waals surface area (Å²) < 4.78 is 0. The van der Waals surface area contributed by atoms with Crippen molar-refractivity contribution in [2.45, 2.75) is 19.4 Å². The number of benzene rings is 1. The van der Waals surface area contributed by atoms with Gasteiger partial charge in [0.05, 0.1) is 5.56 Å². The van der Waals surface area contributed by atoms with Crippen molar-refractivity contribution in [3.63, 3.8) is 0 Å². The molecule has 1 atom stereocenters.